The van der Waals surface area contributed by atoms with E-state index in [2.05, 4.69) is 10.6 Å². The van der Waals surface area contributed by atoms with Crippen molar-refractivity contribution in [1.82, 2.24) is 10.2 Å². The number of methoxy groups -OCH3 is 1. The molecule has 0 unspecified atom stereocenters. The number of hydrogen-bond acceptors (Lipinski definition) is 6. The highest BCUT2D eigenvalue weighted by Gasteiger charge is 2.40. The number of nitrogens with zero attached hydrogens (tertiary/aromatic N) is 1. The predicted molar refractivity (Wildman–Crippen MR) is 130 cm³/mol. The number of carbonyl (C=O) groups is 2. The summed E-state index contributed by atoms with van der Waals surface area (Å²) in [5, 5.41) is 15.9. The van der Waals surface area contributed by atoms with Crippen LogP contribution in [0.4, 0.5) is 14.9 Å². The summed E-state index contributed by atoms with van der Waals surface area (Å²) in [5.74, 6) is 0.0103. The van der Waals surface area contributed by atoms with Crippen molar-refractivity contribution in [2.75, 3.05) is 32.2 Å². The zero-order valence-electron chi connectivity index (χ0n) is 20.2. The highest BCUT2D eigenvalue weighted by Crippen LogP contribution is 2.28. The van der Waals surface area contributed by atoms with E-state index in [-0.39, 0.29) is 62.6 Å². The largest absolute Gasteiger partial charge is 0.497 e. The van der Waals surface area contributed by atoms with Gasteiger partial charge in [0, 0.05) is 23.9 Å². The Labute approximate surface area is 209 Å². The van der Waals surface area contributed by atoms with E-state index in [0.29, 0.717) is 29.8 Å². The highest BCUT2D eigenvalue weighted by molar-refractivity contribution is 5.90. The molecule has 2 aliphatic rings. The van der Waals surface area contributed by atoms with E-state index in [1.165, 1.54) is 6.07 Å². The SMILES string of the molecule is COc1cccc(NC(=O)N2C[C@@H](O)COC[C@H]3O[C@@H](CC(=O)NCc4ccccc4F)CC[C@@H]32)c1. The standard InChI is InChI=1S/C26H32FN3O6/c1-34-20-7-4-6-18(11-20)29-26(33)30-14-19(31)15-35-16-24-23(30)10-9-21(36-24)12-25(32)28-13-17-5-2-3-8-22(17)27/h2-8,11,19,21,23-24,31H,9-10,12-16H2,1H3,(H,28,32)(H,29,33)/t19-,21-,23+,24-/m1/s1. The molecule has 9 nitrogen and oxygen atoms in total. The first-order valence-electron chi connectivity index (χ1n) is 12.1. The van der Waals surface area contributed by atoms with Crippen molar-refractivity contribution in [3.05, 3.63) is 59.9 Å². The molecule has 2 aromatic carbocycles. The predicted octanol–water partition coefficient (Wildman–Crippen LogP) is 2.68. The molecule has 194 valence electrons. The van der Waals surface area contributed by atoms with Crippen molar-refractivity contribution in [2.45, 2.75) is 50.2 Å². The average Bonchev–Trinajstić information content (AvgIpc) is 2.86. The maximum atomic E-state index is 13.8. The quantitative estimate of drug-likeness (QED) is 0.562. The third kappa shape index (κ3) is 6.71. The molecule has 2 heterocycles. The Kier molecular flexibility index (Phi) is 8.74. The number of halogens is 1. The molecule has 2 fully saturated rings. The number of nitrogens with one attached hydrogen (secondary N) is 2. The van der Waals surface area contributed by atoms with Gasteiger partial charge in [0.1, 0.15) is 17.7 Å². The fourth-order valence-corrected chi connectivity index (χ4v) is 4.59. The second-order valence-electron chi connectivity index (χ2n) is 9.02. The second-order valence-corrected chi connectivity index (χ2v) is 9.02. The molecule has 0 saturated carbocycles. The maximum absolute atomic E-state index is 13.8. The van der Waals surface area contributed by atoms with Gasteiger partial charge in [-0.25, -0.2) is 9.18 Å². The number of aliphatic hydroxyl groups is 1. The number of fused-ring (bicyclic) bond motifs is 1. The number of carbonyl (C=O) groups excluding carboxylic acids is 2. The van der Waals surface area contributed by atoms with E-state index < -0.39 is 12.2 Å². The van der Waals surface area contributed by atoms with Crippen LogP contribution in [-0.4, -0.2) is 73.2 Å². The topological polar surface area (TPSA) is 109 Å². The van der Waals surface area contributed by atoms with Crippen LogP contribution in [0.5, 0.6) is 5.75 Å². The molecule has 36 heavy (non-hydrogen) atoms. The normalized spacial score (nSPS) is 24.1. The molecule has 0 aliphatic carbocycles. The molecule has 0 radical (unpaired) electrons. The highest BCUT2D eigenvalue weighted by atomic mass is 19.1. The van der Waals surface area contributed by atoms with Crippen molar-refractivity contribution in [2.24, 2.45) is 0 Å². The van der Waals surface area contributed by atoms with Crippen molar-refractivity contribution in [1.29, 1.82) is 0 Å². The first-order chi connectivity index (χ1) is 17.4. The van der Waals surface area contributed by atoms with Crippen LogP contribution >= 0.6 is 0 Å². The summed E-state index contributed by atoms with van der Waals surface area (Å²) in [6.07, 6.45) is -0.389. The van der Waals surface area contributed by atoms with Crippen LogP contribution in [0, 0.1) is 5.82 Å². The van der Waals surface area contributed by atoms with Crippen LogP contribution in [-0.2, 0) is 20.8 Å². The molecule has 3 N–H and O–H groups in total. The molecule has 10 heteroatoms. The van der Waals surface area contributed by atoms with Crippen LogP contribution in [0.1, 0.15) is 24.8 Å². The number of benzene rings is 2. The minimum Gasteiger partial charge on any atom is -0.497 e. The molecule has 3 amide bonds. The van der Waals surface area contributed by atoms with E-state index >= 15 is 0 Å². The lowest BCUT2D eigenvalue weighted by atomic mass is 9.95. The summed E-state index contributed by atoms with van der Waals surface area (Å²) in [6.45, 7) is 0.457. The van der Waals surface area contributed by atoms with Gasteiger partial charge in [0.15, 0.2) is 0 Å². The zero-order valence-corrected chi connectivity index (χ0v) is 20.2. The smallest absolute Gasteiger partial charge is 0.322 e. The molecule has 0 spiro atoms. The zero-order chi connectivity index (χ0) is 25.5. The molecule has 2 aliphatic heterocycles. The Balaban J connectivity index is 1.37. The fraction of sp³-hybridized carbons (Fsp3) is 0.462. The summed E-state index contributed by atoms with van der Waals surface area (Å²) < 4.78 is 30.8. The number of hydrogen-bond donors (Lipinski definition) is 3. The molecule has 0 aromatic heterocycles. The van der Waals surface area contributed by atoms with Gasteiger partial charge < -0.3 is 34.9 Å². The first-order valence-corrected chi connectivity index (χ1v) is 12.1. The minimum absolute atomic E-state index is 0.0727. The van der Waals surface area contributed by atoms with Gasteiger partial charge in [-0.2, -0.15) is 0 Å². The lowest BCUT2D eigenvalue weighted by molar-refractivity contribution is -0.149. The minimum atomic E-state index is -0.830. The Hall–Kier alpha value is -3.21. The maximum Gasteiger partial charge on any atom is 0.322 e. The van der Waals surface area contributed by atoms with Crippen molar-refractivity contribution in [3.8, 4) is 5.75 Å². The summed E-state index contributed by atoms with van der Waals surface area (Å²) in [6, 6.07) is 12.6. The van der Waals surface area contributed by atoms with Gasteiger partial charge in [-0.15, -0.1) is 0 Å². The number of anilines is 1. The molecule has 2 saturated heterocycles. The van der Waals surface area contributed by atoms with E-state index in [1.54, 1.807) is 54.5 Å². The molecule has 2 aromatic rings. The molecule has 4 atom stereocenters. The Morgan fingerprint density at radius 2 is 2.00 bits per heavy atom. The van der Waals surface area contributed by atoms with E-state index in [9.17, 15) is 19.1 Å². The number of ether oxygens (including phenoxy) is 3. The summed E-state index contributed by atoms with van der Waals surface area (Å²) in [7, 11) is 1.55. The number of urea groups is 1. The van der Waals surface area contributed by atoms with E-state index in [1.807, 2.05) is 0 Å². The summed E-state index contributed by atoms with van der Waals surface area (Å²) in [5.41, 5.74) is 0.991. The number of aliphatic hydroxyl groups excluding tert-OH is 1. The fourth-order valence-electron chi connectivity index (χ4n) is 4.59. The van der Waals surface area contributed by atoms with E-state index in [4.69, 9.17) is 14.2 Å². The van der Waals surface area contributed by atoms with Gasteiger partial charge in [0.25, 0.3) is 0 Å². The third-order valence-corrected chi connectivity index (χ3v) is 6.41. The monoisotopic (exact) mass is 501 g/mol. The Morgan fingerprint density at radius 1 is 1.17 bits per heavy atom. The van der Waals surface area contributed by atoms with Crippen LogP contribution < -0.4 is 15.4 Å². The summed E-state index contributed by atoms with van der Waals surface area (Å²) in [4.78, 5) is 27.3. The van der Waals surface area contributed by atoms with Gasteiger partial charge in [0.05, 0.1) is 51.5 Å². The van der Waals surface area contributed by atoms with Gasteiger partial charge in [-0.05, 0) is 31.0 Å². The second kappa shape index (κ2) is 12.2. The van der Waals surface area contributed by atoms with Gasteiger partial charge in [-0.3, -0.25) is 4.79 Å². The Bertz CT molecular complexity index is 1050. The van der Waals surface area contributed by atoms with Gasteiger partial charge in [0.2, 0.25) is 5.91 Å². The number of rotatable bonds is 6. The van der Waals surface area contributed by atoms with Gasteiger partial charge in [-0.1, -0.05) is 24.3 Å². The van der Waals surface area contributed by atoms with Crippen LogP contribution in [0.2, 0.25) is 0 Å². The van der Waals surface area contributed by atoms with Gasteiger partial charge >= 0.3 is 6.03 Å². The molecular weight excluding hydrogens is 469 g/mol. The van der Waals surface area contributed by atoms with Crippen LogP contribution in [0.3, 0.4) is 0 Å². The van der Waals surface area contributed by atoms with Crippen LogP contribution in [0.15, 0.2) is 48.5 Å². The van der Waals surface area contributed by atoms with Crippen molar-refractivity contribution < 1.29 is 33.3 Å². The van der Waals surface area contributed by atoms with Crippen molar-refractivity contribution >= 4 is 17.6 Å². The van der Waals surface area contributed by atoms with Crippen molar-refractivity contribution in [3.63, 3.8) is 0 Å². The van der Waals surface area contributed by atoms with E-state index in [0.717, 1.165) is 0 Å². The summed E-state index contributed by atoms with van der Waals surface area (Å²) >= 11 is 0. The Morgan fingerprint density at radius 3 is 2.81 bits per heavy atom. The average molecular weight is 502 g/mol. The lowest BCUT2D eigenvalue weighted by Gasteiger charge is -2.44. The molecular formula is C26H32FN3O6. The third-order valence-electron chi connectivity index (χ3n) is 6.41. The molecule has 4 rings (SSSR count). The molecule has 0 bridgehead atoms. The first kappa shape index (κ1) is 25.9. The lowest BCUT2D eigenvalue weighted by Crippen LogP contribution is -2.58. The van der Waals surface area contributed by atoms with Crippen LogP contribution in [0.25, 0.3) is 0 Å². The number of β-amino-alcohol motifs (C(OH)–C–C–N with tert-alkyl or cyclic N) is 1. The number of amides is 3.